The standard InChI is InChI=1S/C18H21BN4S/c19-16-12-14(13-24-18(20)21)6-7-17(16)23-10-8-22(9-11-23)15-4-2-1-3-5-15/h1-7,12H,8-11,13H2,(H3,20,21). The monoisotopic (exact) mass is 336 g/mol. The molecule has 1 aliphatic rings. The van der Waals surface area contributed by atoms with E-state index in [0.717, 1.165) is 42.9 Å². The Bertz CT molecular complexity index is 699. The summed E-state index contributed by atoms with van der Waals surface area (Å²) in [6, 6.07) is 16.7. The lowest BCUT2D eigenvalue weighted by molar-refractivity contribution is 0.654. The third-order valence-electron chi connectivity index (χ3n) is 4.23. The van der Waals surface area contributed by atoms with Crippen molar-refractivity contribution in [2.75, 3.05) is 36.0 Å². The summed E-state index contributed by atoms with van der Waals surface area (Å²) in [4.78, 5) is 4.75. The van der Waals surface area contributed by atoms with Gasteiger partial charge in [0.25, 0.3) is 0 Å². The number of nitrogens with zero attached hydrogens (tertiary/aromatic N) is 2. The fourth-order valence-corrected chi connectivity index (χ4v) is 3.49. The minimum atomic E-state index is 0.134. The zero-order chi connectivity index (χ0) is 16.9. The van der Waals surface area contributed by atoms with Gasteiger partial charge in [0, 0.05) is 43.3 Å². The minimum Gasteiger partial charge on any atom is -0.379 e. The number of para-hydroxylation sites is 1. The topological polar surface area (TPSA) is 56.4 Å². The first kappa shape index (κ1) is 16.8. The van der Waals surface area contributed by atoms with Gasteiger partial charge >= 0.3 is 0 Å². The van der Waals surface area contributed by atoms with E-state index >= 15 is 0 Å². The average molecular weight is 336 g/mol. The van der Waals surface area contributed by atoms with E-state index < -0.39 is 0 Å². The van der Waals surface area contributed by atoms with Crippen molar-refractivity contribution >= 4 is 41.6 Å². The van der Waals surface area contributed by atoms with Crippen LogP contribution in [0.2, 0.25) is 0 Å². The van der Waals surface area contributed by atoms with E-state index in [1.807, 2.05) is 12.1 Å². The van der Waals surface area contributed by atoms with E-state index in [9.17, 15) is 0 Å². The van der Waals surface area contributed by atoms with Crippen molar-refractivity contribution in [3.63, 3.8) is 0 Å². The lowest BCUT2D eigenvalue weighted by Gasteiger charge is -2.38. The molecule has 1 aliphatic heterocycles. The SMILES string of the molecule is [B]c1cc(CSC(=N)N)ccc1N1CCN(c2ccccc2)CC1. The first-order valence-electron chi connectivity index (χ1n) is 8.03. The number of hydrogen-bond donors (Lipinski definition) is 2. The molecule has 6 heteroatoms. The van der Waals surface area contributed by atoms with Crippen LogP contribution in [0, 0.1) is 5.41 Å². The van der Waals surface area contributed by atoms with Gasteiger partial charge in [-0.25, -0.2) is 0 Å². The maximum Gasteiger partial charge on any atom is 0.151 e. The number of benzene rings is 2. The van der Waals surface area contributed by atoms with Crippen LogP contribution in [0.1, 0.15) is 5.56 Å². The Balaban J connectivity index is 1.63. The second kappa shape index (κ2) is 7.66. The van der Waals surface area contributed by atoms with Crippen molar-refractivity contribution in [1.29, 1.82) is 5.41 Å². The van der Waals surface area contributed by atoms with Gasteiger partial charge in [0.15, 0.2) is 5.17 Å². The second-order valence-electron chi connectivity index (χ2n) is 5.86. The Morgan fingerprint density at radius 3 is 2.33 bits per heavy atom. The Morgan fingerprint density at radius 1 is 1.04 bits per heavy atom. The van der Waals surface area contributed by atoms with Gasteiger partial charge in [-0.15, -0.1) is 0 Å². The van der Waals surface area contributed by atoms with Crippen LogP contribution in [-0.4, -0.2) is 39.2 Å². The summed E-state index contributed by atoms with van der Waals surface area (Å²) in [6.45, 7) is 3.90. The highest BCUT2D eigenvalue weighted by atomic mass is 32.2. The second-order valence-corrected chi connectivity index (χ2v) is 6.87. The molecule has 0 saturated carbocycles. The Hall–Kier alpha value is -2.08. The van der Waals surface area contributed by atoms with Crippen molar-refractivity contribution in [3.05, 3.63) is 54.1 Å². The normalized spacial score (nSPS) is 14.7. The van der Waals surface area contributed by atoms with Gasteiger partial charge in [0.05, 0.1) is 0 Å². The fourth-order valence-electron chi connectivity index (χ4n) is 2.99. The van der Waals surface area contributed by atoms with Gasteiger partial charge in [-0.2, -0.15) is 0 Å². The maximum absolute atomic E-state index is 7.29. The molecule has 2 aromatic carbocycles. The van der Waals surface area contributed by atoms with E-state index in [2.05, 4.69) is 46.2 Å². The number of anilines is 2. The number of rotatable bonds is 4. The minimum absolute atomic E-state index is 0.134. The molecule has 0 amide bonds. The van der Waals surface area contributed by atoms with Crippen LogP contribution >= 0.6 is 11.8 Å². The molecule has 2 aromatic rings. The molecular formula is C18H21BN4S. The van der Waals surface area contributed by atoms with Gasteiger partial charge < -0.3 is 15.5 Å². The summed E-state index contributed by atoms with van der Waals surface area (Å²) < 4.78 is 0. The first-order valence-corrected chi connectivity index (χ1v) is 9.02. The van der Waals surface area contributed by atoms with Crippen LogP contribution < -0.4 is 21.0 Å². The molecule has 1 heterocycles. The number of amidine groups is 1. The number of hydrogen-bond acceptors (Lipinski definition) is 4. The molecule has 0 atom stereocenters. The maximum atomic E-state index is 7.29. The van der Waals surface area contributed by atoms with E-state index in [1.54, 1.807) is 0 Å². The molecular weight excluding hydrogens is 315 g/mol. The summed E-state index contributed by atoms with van der Waals surface area (Å²) in [5.74, 6) is 0.682. The van der Waals surface area contributed by atoms with Gasteiger partial charge in [-0.3, -0.25) is 5.41 Å². The van der Waals surface area contributed by atoms with Gasteiger partial charge in [0.1, 0.15) is 7.85 Å². The summed E-state index contributed by atoms with van der Waals surface area (Å²) >= 11 is 1.32. The molecule has 3 rings (SSSR count). The van der Waals surface area contributed by atoms with E-state index in [1.165, 1.54) is 17.4 Å². The molecule has 4 nitrogen and oxygen atoms in total. The Kier molecular flexibility index (Phi) is 5.36. The molecule has 0 unspecified atom stereocenters. The number of thioether (sulfide) groups is 1. The van der Waals surface area contributed by atoms with Crippen molar-refractivity contribution < 1.29 is 0 Å². The molecule has 122 valence electrons. The zero-order valence-corrected chi connectivity index (χ0v) is 14.4. The van der Waals surface area contributed by atoms with Crippen molar-refractivity contribution in [2.24, 2.45) is 5.73 Å². The molecule has 0 aliphatic carbocycles. The van der Waals surface area contributed by atoms with Crippen LogP contribution in [0.15, 0.2) is 48.5 Å². The quantitative estimate of drug-likeness (QED) is 0.509. The van der Waals surface area contributed by atoms with Crippen molar-refractivity contribution in [2.45, 2.75) is 5.75 Å². The first-order chi connectivity index (χ1) is 11.6. The number of nitrogens with one attached hydrogen (secondary N) is 1. The predicted molar refractivity (Wildman–Crippen MR) is 106 cm³/mol. The highest BCUT2D eigenvalue weighted by Crippen LogP contribution is 2.20. The highest BCUT2D eigenvalue weighted by molar-refractivity contribution is 8.13. The molecule has 0 spiro atoms. The number of nitrogens with two attached hydrogens (primary N) is 1. The molecule has 2 radical (unpaired) electrons. The van der Waals surface area contributed by atoms with Crippen LogP contribution in [0.5, 0.6) is 0 Å². The Labute approximate surface area is 148 Å². The fraction of sp³-hybridized carbons (Fsp3) is 0.278. The van der Waals surface area contributed by atoms with Gasteiger partial charge in [-0.1, -0.05) is 47.6 Å². The summed E-state index contributed by atoms with van der Waals surface area (Å²) in [5, 5.41) is 7.42. The van der Waals surface area contributed by atoms with Crippen LogP contribution in [-0.2, 0) is 5.75 Å². The zero-order valence-electron chi connectivity index (χ0n) is 13.6. The third-order valence-corrected chi connectivity index (χ3v) is 5.02. The van der Waals surface area contributed by atoms with Crippen molar-refractivity contribution in [3.8, 4) is 0 Å². The largest absolute Gasteiger partial charge is 0.379 e. The van der Waals surface area contributed by atoms with Gasteiger partial charge in [-0.05, 0) is 23.8 Å². The summed E-state index contributed by atoms with van der Waals surface area (Å²) in [6.07, 6.45) is 0. The Morgan fingerprint density at radius 2 is 1.71 bits per heavy atom. The molecule has 0 aromatic heterocycles. The smallest absolute Gasteiger partial charge is 0.151 e. The average Bonchev–Trinajstić information content (AvgIpc) is 2.61. The number of piperazine rings is 1. The van der Waals surface area contributed by atoms with Crippen LogP contribution in [0.25, 0.3) is 0 Å². The van der Waals surface area contributed by atoms with E-state index in [4.69, 9.17) is 19.0 Å². The molecule has 1 fully saturated rings. The van der Waals surface area contributed by atoms with Gasteiger partial charge in [0.2, 0.25) is 0 Å². The lowest BCUT2D eigenvalue weighted by atomic mass is 9.91. The summed E-state index contributed by atoms with van der Waals surface area (Å²) in [7, 11) is 6.25. The molecule has 0 bridgehead atoms. The lowest BCUT2D eigenvalue weighted by Crippen LogP contribution is -2.47. The van der Waals surface area contributed by atoms with Crippen LogP contribution in [0.3, 0.4) is 0 Å². The van der Waals surface area contributed by atoms with E-state index in [0.29, 0.717) is 5.75 Å². The van der Waals surface area contributed by atoms with Crippen molar-refractivity contribution in [1.82, 2.24) is 0 Å². The predicted octanol–water partition coefficient (Wildman–Crippen LogP) is 1.93. The molecule has 24 heavy (non-hydrogen) atoms. The summed E-state index contributed by atoms with van der Waals surface area (Å²) in [5.41, 5.74) is 9.66. The van der Waals surface area contributed by atoms with Crippen LogP contribution in [0.4, 0.5) is 11.4 Å². The highest BCUT2D eigenvalue weighted by Gasteiger charge is 2.18. The molecule has 1 saturated heterocycles. The van der Waals surface area contributed by atoms with E-state index in [-0.39, 0.29) is 5.17 Å². The third kappa shape index (κ3) is 4.06. The molecule has 3 N–H and O–H groups in total.